The molecule has 3 heteroatoms. The molecule has 0 aliphatic heterocycles. The maximum Gasteiger partial charge on any atom is 0.328 e. The molecule has 2 rings (SSSR count). The van der Waals surface area contributed by atoms with Crippen LogP contribution in [0.15, 0.2) is 22.8 Å². The van der Waals surface area contributed by atoms with Crippen LogP contribution in [0.3, 0.4) is 0 Å². The van der Waals surface area contributed by atoms with Crippen molar-refractivity contribution in [1.82, 2.24) is 0 Å². The average molecular weight is 178 g/mol. The van der Waals surface area contributed by atoms with Crippen LogP contribution in [0.25, 0.3) is 5.57 Å². The highest BCUT2D eigenvalue weighted by molar-refractivity contribution is 5.90. The molecule has 0 radical (unpaired) electrons. The minimum absolute atomic E-state index is 0.832. The lowest BCUT2D eigenvalue weighted by molar-refractivity contribution is -0.131. The van der Waals surface area contributed by atoms with E-state index in [1.807, 2.05) is 6.07 Å². The molecular weight excluding hydrogens is 168 g/mol. The van der Waals surface area contributed by atoms with Crippen LogP contribution in [-0.4, -0.2) is 11.1 Å². The Morgan fingerprint density at radius 1 is 1.54 bits per heavy atom. The minimum atomic E-state index is -0.885. The van der Waals surface area contributed by atoms with Crippen molar-refractivity contribution in [2.75, 3.05) is 0 Å². The van der Waals surface area contributed by atoms with E-state index >= 15 is 0 Å². The van der Waals surface area contributed by atoms with Crippen LogP contribution in [0.5, 0.6) is 0 Å². The summed E-state index contributed by atoms with van der Waals surface area (Å²) in [5.74, 6) is 0.0304. The number of aryl methyl sites for hydroxylation is 1. The molecule has 0 saturated heterocycles. The first-order chi connectivity index (χ1) is 6.27. The fraction of sp³-hybridized carbons (Fsp3) is 0.300. The van der Waals surface area contributed by atoms with Gasteiger partial charge in [0.15, 0.2) is 0 Å². The maximum atomic E-state index is 10.5. The van der Waals surface area contributed by atoms with Crippen molar-refractivity contribution in [3.05, 3.63) is 29.7 Å². The molecule has 1 aliphatic rings. The van der Waals surface area contributed by atoms with E-state index in [-0.39, 0.29) is 0 Å². The van der Waals surface area contributed by atoms with E-state index in [0.717, 1.165) is 36.2 Å². The number of fused-ring (bicyclic) bond motifs is 1. The maximum absolute atomic E-state index is 10.5. The van der Waals surface area contributed by atoms with Crippen LogP contribution in [0, 0.1) is 0 Å². The van der Waals surface area contributed by atoms with E-state index in [1.54, 1.807) is 6.26 Å². The highest BCUT2D eigenvalue weighted by Crippen LogP contribution is 2.31. The Morgan fingerprint density at radius 2 is 2.38 bits per heavy atom. The summed E-state index contributed by atoms with van der Waals surface area (Å²) in [5, 5.41) is 8.62. The molecule has 68 valence electrons. The van der Waals surface area contributed by atoms with Crippen molar-refractivity contribution < 1.29 is 14.3 Å². The van der Waals surface area contributed by atoms with E-state index in [1.165, 1.54) is 6.08 Å². The lowest BCUT2D eigenvalue weighted by Crippen LogP contribution is -2.00. The Bertz CT molecular complexity index is 360. The summed E-state index contributed by atoms with van der Waals surface area (Å²) >= 11 is 0. The number of hydrogen-bond donors (Lipinski definition) is 1. The number of aliphatic carboxylic acids is 1. The SMILES string of the molecule is O=C(O)/C=C1/CCCc2occc21. The lowest BCUT2D eigenvalue weighted by atomic mass is 9.93. The Morgan fingerprint density at radius 3 is 3.15 bits per heavy atom. The van der Waals surface area contributed by atoms with Crippen molar-refractivity contribution >= 4 is 11.5 Å². The van der Waals surface area contributed by atoms with Gasteiger partial charge in [0.05, 0.1) is 6.26 Å². The predicted octanol–water partition coefficient (Wildman–Crippen LogP) is 2.08. The Hall–Kier alpha value is -1.51. The second kappa shape index (κ2) is 3.09. The van der Waals surface area contributed by atoms with Crippen molar-refractivity contribution in [2.45, 2.75) is 19.3 Å². The number of carbonyl (C=O) groups is 1. The topological polar surface area (TPSA) is 50.4 Å². The van der Waals surface area contributed by atoms with Crippen LogP contribution >= 0.6 is 0 Å². The zero-order valence-corrected chi connectivity index (χ0v) is 7.12. The monoisotopic (exact) mass is 178 g/mol. The molecule has 1 N–H and O–H groups in total. The van der Waals surface area contributed by atoms with Crippen LogP contribution in [0.4, 0.5) is 0 Å². The third-order valence-corrected chi connectivity index (χ3v) is 2.24. The first-order valence-electron chi connectivity index (χ1n) is 4.27. The van der Waals surface area contributed by atoms with Gasteiger partial charge in [-0.15, -0.1) is 0 Å². The second-order valence-electron chi connectivity index (χ2n) is 3.12. The molecule has 1 aromatic rings. The van der Waals surface area contributed by atoms with Gasteiger partial charge in [-0.05, 0) is 24.5 Å². The molecule has 0 saturated carbocycles. The molecule has 0 aromatic carbocycles. The van der Waals surface area contributed by atoms with Gasteiger partial charge in [0, 0.05) is 18.1 Å². The number of rotatable bonds is 1. The summed E-state index contributed by atoms with van der Waals surface area (Å²) in [5.41, 5.74) is 1.84. The van der Waals surface area contributed by atoms with Gasteiger partial charge >= 0.3 is 5.97 Å². The van der Waals surface area contributed by atoms with Crippen molar-refractivity contribution in [3.63, 3.8) is 0 Å². The van der Waals surface area contributed by atoms with E-state index in [0.29, 0.717) is 0 Å². The molecule has 0 spiro atoms. The molecule has 0 atom stereocenters. The molecule has 0 fully saturated rings. The molecular formula is C10H10O3. The number of allylic oxidation sites excluding steroid dienone is 1. The zero-order chi connectivity index (χ0) is 9.26. The van der Waals surface area contributed by atoms with Gasteiger partial charge in [-0.25, -0.2) is 4.79 Å². The molecule has 1 heterocycles. The third kappa shape index (κ3) is 1.49. The molecule has 1 aliphatic carbocycles. The van der Waals surface area contributed by atoms with Crippen LogP contribution in [0.1, 0.15) is 24.2 Å². The number of hydrogen-bond acceptors (Lipinski definition) is 2. The van der Waals surface area contributed by atoms with Crippen molar-refractivity contribution in [3.8, 4) is 0 Å². The molecule has 13 heavy (non-hydrogen) atoms. The largest absolute Gasteiger partial charge is 0.478 e. The van der Waals surface area contributed by atoms with Gasteiger partial charge in [-0.1, -0.05) is 0 Å². The zero-order valence-electron chi connectivity index (χ0n) is 7.12. The van der Waals surface area contributed by atoms with Gasteiger partial charge in [-0.3, -0.25) is 0 Å². The summed E-state index contributed by atoms with van der Waals surface area (Å²) in [7, 11) is 0. The van der Waals surface area contributed by atoms with Crippen LogP contribution in [-0.2, 0) is 11.2 Å². The Labute approximate surface area is 75.7 Å². The van der Waals surface area contributed by atoms with Crippen LogP contribution < -0.4 is 0 Å². The lowest BCUT2D eigenvalue weighted by Gasteiger charge is -2.12. The Balaban J connectivity index is 2.40. The quantitative estimate of drug-likeness (QED) is 0.670. The summed E-state index contributed by atoms with van der Waals surface area (Å²) in [6.45, 7) is 0. The van der Waals surface area contributed by atoms with Gasteiger partial charge in [0.1, 0.15) is 5.76 Å². The molecule has 0 bridgehead atoms. The number of carboxylic acid groups (broad SMARTS) is 1. The van der Waals surface area contributed by atoms with Crippen LogP contribution in [0.2, 0.25) is 0 Å². The van der Waals surface area contributed by atoms with E-state index < -0.39 is 5.97 Å². The minimum Gasteiger partial charge on any atom is -0.478 e. The first kappa shape index (κ1) is 8.10. The van der Waals surface area contributed by atoms with Crippen molar-refractivity contribution in [1.29, 1.82) is 0 Å². The van der Waals surface area contributed by atoms with Gasteiger partial charge in [-0.2, -0.15) is 0 Å². The first-order valence-corrected chi connectivity index (χ1v) is 4.27. The summed E-state index contributed by atoms with van der Waals surface area (Å²) in [6.07, 6.45) is 5.61. The van der Waals surface area contributed by atoms with E-state index in [2.05, 4.69) is 0 Å². The fourth-order valence-corrected chi connectivity index (χ4v) is 1.69. The van der Waals surface area contributed by atoms with Crippen molar-refractivity contribution in [2.24, 2.45) is 0 Å². The summed E-state index contributed by atoms with van der Waals surface area (Å²) in [6, 6.07) is 1.84. The third-order valence-electron chi connectivity index (χ3n) is 2.24. The van der Waals surface area contributed by atoms with Gasteiger partial charge < -0.3 is 9.52 Å². The number of carboxylic acids is 1. The molecule has 1 aromatic heterocycles. The average Bonchev–Trinajstić information content (AvgIpc) is 2.51. The summed E-state index contributed by atoms with van der Waals surface area (Å²) in [4.78, 5) is 10.5. The second-order valence-corrected chi connectivity index (χ2v) is 3.12. The number of furan rings is 1. The smallest absolute Gasteiger partial charge is 0.328 e. The molecule has 3 nitrogen and oxygen atoms in total. The summed E-state index contributed by atoms with van der Waals surface area (Å²) < 4.78 is 5.23. The predicted molar refractivity (Wildman–Crippen MR) is 47.3 cm³/mol. The Kier molecular flexibility index (Phi) is 1.93. The van der Waals surface area contributed by atoms with Gasteiger partial charge in [0.2, 0.25) is 0 Å². The standard InChI is InChI=1S/C10H10O3/c11-10(12)6-7-2-1-3-9-8(7)4-5-13-9/h4-6H,1-3H2,(H,11,12)/b7-6-. The molecule has 0 amide bonds. The highest BCUT2D eigenvalue weighted by atomic mass is 16.4. The van der Waals surface area contributed by atoms with E-state index in [4.69, 9.17) is 9.52 Å². The highest BCUT2D eigenvalue weighted by Gasteiger charge is 2.17. The van der Waals surface area contributed by atoms with Gasteiger partial charge in [0.25, 0.3) is 0 Å². The van der Waals surface area contributed by atoms with E-state index in [9.17, 15) is 4.79 Å². The molecule has 0 unspecified atom stereocenters. The fourth-order valence-electron chi connectivity index (χ4n) is 1.69. The normalized spacial score (nSPS) is 18.6.